The number of carbonyl (C=O) groups excluding carboxylic acids is 1. The zero-order valence-corrected chi connectivity index (χ0v) is 13.8. The van der Waals surface area contributed by atoms with E-state index in [2.05, 4.69) is 4.74 Å². The molecule has 2 rings (SSSR count). The third kappa shape index (κ3) is 5.10. The standard InChI is InChI=1S/C18H16F2N2O4/c1-21(12-14-7-2-4-8-15(14)22(24)25)17(23)11-10-13-6-3-5-9-16(13)26-18(19)20/h2-11,18H,12H2,1H3/b11-10+. The molecule has 0 saturated heterocycles. The zero-order valence-electron chi connectivity index (χ0n) is 13.8. The summed E-state index contributed by atoms with van der Waals surface area (Å²) in [6.07, 6.45) is 2.55. The molecule has 0 fully saturated rings. The van der Waals surface area contributed by atoms with Crippen LogP contribution in [-0.2, 0) is 11.3 Å². The Bertz CT molecular complexity index is 824. The lowest BCUT2D eigenvalue weighted by atomic mass is 10.1. The van der Waals surface area contributed by atoms with Crippen LogP contribution in [0, 0.1) is 10.1 Å². The van der Waals surface area contributed by atoms with Crippen molar-refractivity contribution >= 4 is 17.7 Å². The van der Waals surface area contributed by atoms with Crippen molar-refractivity contribution in [3.63, 3.8) is 0 Å². The lowest BCUT2D eigenvalue weighted by Crippen LogP contribution is -2.24. The lowest BCUT2D eigenvalue weighted by Gasteiger charge is -2.15. The monoisotopic (exact) mass is 362 g/mol. The first kappa shape index (κ1) is 19.0. The first-order valence-electron chi connectivity index (χ1n) is 7.58. The molecule has 26 heavy (non-hydrogen) atoms. The minimum Gasteiger partial charge on any atom is -0.434 e. The number of hydrogen-bond acceptors (Lipinski definition) is 4. The van der Waals surface area contributed by atoms with E-state index in [0.717, 1.165) is 0 Å². The highest BCUT2D eigenvalue weighted by atomic mass is 19.3. The lowest BCUT2D eigenvalue weighted by molar-refractivity contribution is -0.385. The van der Waals surface area contributed by atoms with Crippen molar-refractivity contribution in [2.45, 2.75) is 13.2 Å². The second-order valence-corrected chi connectivity index (χ2v) is 5.33. The van der Waals surface area contributed by atoms with Crippen LogP contribution in [-0.4, -0.2) is 29.4 Å². The van der Waals surface area contributed by atoms with Gasteiger partial charge in [-0.2, -0.15) is 8.78 Å². The largest absolute Gasteiger partial charge is 0.434 e. The van der Waals surface area contributed by atoms with Crippen LogP contribution < -0.4 is 4.74 Å². The van der Waals surface area contributed by atoms with E-state index in [9.17, 15) is 23.7 Å². The van der Waals surface area contributed by atoms with Crippen molar-refractivity contribution in [3.05, 3.63) is 75.8 Å². The van der Waals surface area contributed by atoms with Gasteiger partial charge in [0.05, 0.1) is 11.5 Å². The summed E-state index contributed by atoms with van der Waals surface area (Å²) in [5, 5.41) is 11.0. The molecule has 0 aliphatic rings. The van der Waals surface area contributed by atoms with Crippen molar-refractivity contribution in [1.82, 2.24) is 4.90 Å². The fourth-order valence-corrected chi connectivity index (χ4v) is 2.27. The molecule has 0 bridgehead atoms. The van der Waals surface area contributed by atoms with Gasteiger partial charge in [0.25, 0.3) is 5.69 Å². The van der Waals surface area contributed by atoms with Gasteiger partial charge in [0.2, 0.25) is 5.91 Å². The van der Waals surface area contributed by atoms with Crippen molar-refractivity contribution in [3.8, 4) is 5.75 Å². The highest BCUT2D eigenvalue weighted by Crippen LogP contribution is 2.22. The first-order valence-corrected chi connectivity index (χ1v) is 7.58. The number of carbonyl (C=O) groups is 1. The van der Waals surface area contributed by atoms with Crippen LogP contribution in [0.25, 0.3) is 6.08 Å². The summed E-state index contributed by atoms with van der Waals surface area (Å²) in [4.78, 5) is 24.0. The molecular formula is C18H16F2N2O4. The highest BCUT2D eigenvalue weighted by molar-refractivity contribution is 5.92. The molecule has 0 spiro atoms. The van der Waals surface area contributed by atoms with Crippen LogP contribution >= 0.6 is 0 Å². The average molecular weight is 362 g/mol. The van der Waals surface area contributed by atoms with Crippen molar-refractivity contribution in [2.75, 3.05) is 7.05 Å². The quantitative estimate of drug-likeness (QED) is 0.426. The Hall–Kier alpha value is -3.29. The molecule has 0 heterocycles. The number of nitro groups is 1. The smallest absolute Gasteiger partial charge is 0.387 e. The van der Waals surface area contributed by atoms with Gasteiger partial charge >= 0.3 is 6.61 Å². The van der Waals surface area contributed by atoms with E-state index in [0.29, 0.717) is 11.1 Å². The van der Waals surface area contributed by atoms with Gasteiger partial charge in [-0.05, 0) is 12.1 Å². The van der Waals surface area contributed by atoms with E-state index in [1.54, 1.807) is 24.3 Å². The summed E-state index contributed by atoms with van der Waals surface area (Å²) in [6, 6.07) is 12.2. The summed E-state index contributed by atoms with van der Waals surface area (Å²) in [7, 11) is 1.49. The number of nitro benzene ring substituents is 1. The molecule has 0 atom stereocenters. The number of halogens is 2. The second-order valence-electron chi connectivity index (χ2n) is 5.33. The maximum atomic E-state index is 12.4. The van der Waals surface area contributed by atoms with Crippen molar-refractivity contribution < 1.29 is 23.2 Å². The molecule has 0 aliphatic carbocycles. The van der Waals surface area contributed by atoms with Gasteiger partial charge in [-0.15, -0.1) is 0 Å². The maximum absolute atomic E-state index is 12.4. The van der Waals surface area contributed by atoms with Crippen LogP contribution in [0.15, 0.2) is 54.6 Å². The number of amides is 1. The summed E-state index contributed by atoms with van der Waals surface area (Å²) in [5.41, 5.74) is 0.634. The number of rotatable bonds is 7. The molecule has 136 valence electrons. The van der Waals surface area contributed by atoms with E-state index < -0.39 is 17.4 Å². The number of alkyl halides is 2. The van der Waals surface area contributed by atoms with E-state index in [4.69, 9.17) is 0 Å². The van der Waals surface area contributed by atoms with Crippen molar-refractivity contribution in [1.29, 1.82) is 0 Å². The Morgan fingerprint density at radius 2 is 1.88 bits per heavy atom. The number of likely N-dealkylation sites (N-methyl/N-ethyl adjacent to an activating group) is 1. The Labute approximate surface area is 148 Å². The number of ether oxygens (including phenoxy) is 1. The predicted molar refractivity (Wildman–Crippen MR) is 91.7 cm³/mol. The molecular weight excluding hydrogens is 346 g/mol. The predicted octanol–water partition coefficient (Wildman–Crippen LogP) is 3.87. The molecule has 0 aliphatic heterocycles. The Morgan fingerprint density at radius 1 is 1.23 bits per heavy atom. The molecule has 0 radical (unpaired) electrons. The third-order valence-electron chi connectivity index (χ3n) is 3.51. The van der Waals surface area contributed by atoms with Gasteiger partial charge in [0, 0.05) is 30.3 Å². The van der Waals surface area contributed by atoms with Gasteiger partial charge in [-0.3, -0.25) is 14.9 Å². The van der Waals surface area contributed by atoms with Crippen LogP contribution in [0.1, 0.15) is 11.1 Å². The average Bonchev–Trinajstić information content (AvgIpc) is 2.60. The Kier molecular flexibility index (Phi) is 6.37. The Morgan fingerprint density at radius 3 is 2.58 bits per heavy atom. The van der Waals surface area contributed by atoms with Crippen molar-refractivity contribution in [2.24, 2.45) is 0 Å². The third-order valence-corrected chi connectivity index (χ3v) is 3.51. The minimum atomic E-state index is -2.97. The first-order chi connectivity index (χ1) is 12.4. The van der Waals surface area contributed by atoms with Gasteiger partial charge in [-0.1, -0.05) is 36.4 Å². The van der Waals surface area contributed by atoms with E-state index >= 15 is 0 Å². The topological polar surface area (TPSA) is 72.7 Å². The normalized spacial score (nSPS) is 10.9. The van der Waals surface area contributed by atoms with Crippen LogP contribution in [0.5, 0.6) is 5.75 Å². The highest BCUT2D eigenvalue weighted by Gasteiger charge is 2.16. The fourth-order valence-electron chi connectivity index (χ4n) is 2.27. The molecule has 0 aromatic heterocycles. The number of benzene rings is 2. The van der Waals surface area contributed by atoms with Gasteiger partial charge in [0.15, 0.2) is 0 Å². The van der Waals surface area contributed by atoms with Crippen LogP contribution in [0.2, 0.25) is 0 Å². The summed E-state index contributed by atoms with van der Waals surface area (Å²) in [5.74, 6) is -0.483. The number of para-hydroxylation sites is 2. The van der Waals surface area contributed by atoms with Gasteiger partial charge < -0.3 is 9.64 Å². The van der Waals surface area contributed by atoms with Gasteiger partial charge in [-0.25, -0.2) is 0 Å². The molecule has 8 heteroatoms. The molecule has 6 nitrogen and oxygen atoms in total. The molecule has 0 saturated carbocycles. The number of nitrogens with zero attached hydrogens (tertiary/aromatic N) is 2. The Balaban J connectivity index is 2.11. The zero-order chi connectivity index (χ0) is 19.1. The SMILES string of the molecule is CN(Cc1ccccc1[N+](=O)[O-])C(=O)/C=C/c1ccccc1OC(F)F. The minimum absolute atomic E-state index is 0.0372. The van der Waals surface area contributed by atoms with Crippen LogP contribution in [0.3, 0.4) is 0 Å². The second kappa shape index (κ2) is 8.70. The summed E-state index contributed by atoms with van der Waals surface area (Å²) >= 11 is 0. The molecule has 2 aromatic rings. The van der Waals surface area contributed by atoms with E-state index in [-0.39, 0.29) is 18.0 Å². The van der Waals surface area contributed by atoms with E-state index in [1.165, 1.54) is 48.4 Å². The maximum Gasteiger partial charge on any atom is 0.387 e. The molecule has 0 N–H and O–H groups in total. The number of hydrogen-bond donors (Lipinski definition) is 0. The fraction of sp³-hybridized carbons (Fsp3) is 0.167. The summed E-state index contributed by atoms with van der Waals surface area (Å²) < 4.78 is 29.2. The molecule has 2 aromatic carbocycles. The van der Waals surface area contributed by atoms with Gasteiger partial charge in [0.1, 0.15) is 5.75 Å². The molecule has 1 amide bonds. The molecule has 0 unspecified atom stereocenters. The van der Waals surface area contributed by atoms with E-state index in [1.807, 2.05) is 0 Å². The summed E-state index contributed by atoms with van der Waals surface area (Å²) in [6.45, 7) is -2.93. The van der Waals surface area contributed by atoms with Crippen LogP contribution in [0.4, 0.5) is 14.5 Å².